The Morgan fingerprint density at radius 3 is 3.11 bits per heavy atom. The normalized spacial score (nSPS) is 10.9. The van der Waals surface area contributed by atoms with E-state index in [2.05, 4.69) is 46.0 Å². The highest BCUT2D eigenvalue weighted by atomic mass is 32.1. The molecular formula is C15H14N2S. The van der Waals surface area contributed by atoms with Crippen molar-refractivity contribution in [3.05, 3.63) is 53.7 Å². The number of thiophene rings is 1. The summed E-state index contributed by atoms with van der Waals surface area (Å²) in [5, 5.41) is 7.85. The number of rotatable bonds is 3. The van der Waals surface area contributed by atoms with E-state index in [0.29, 0.717) is 0 Å². The molecule has 0 radical (unpaired) electrons. The highest BCUT2D eigenvalue weighted by Crippen LogP contribution is 2.32. The highest BCUT2D eigenvalue weighted by Gasteiger charge is 2.06. The lowest BCUT2D eigenvalue weighted by atomic mass is 10.1. The number of fused-ring (bicyclic) bond motifs is 1. The van der Waals surface area contributed by atoms with Gasteiger partial charge in [-0.3, -0.25) is 4.98 Å². The molecule has 0 atom stereocenters. The zero-order chi connectivity index (χ0) is 12.4. The molecule has 0 unspecified atom stereocenters. The zero-order valence-corrected chi connectivity index (χ0v) is 11.0. The van der Waals surface area contributed by atoms with E-state index < -0.39 is 0 Å². The van der Waals surface area contributed by atoms with Gasteiger partial charge in [0.2, 0.25) is 0 Å². The zero-order valence-electron chi connectivity index (χ0n) is 10.2. The maximum absolute atomic E-state index is 4.23. The van der Waals surface area contributed by atoms with Crippen LogP contribution in [0.5, 0.6) is 0 Å². The van der Waals surface area contributed by atoms with E-state index in [9.17, 15) is 0 Å². The molecule has 18 heavy (non-hydrogen) atoms. The Kier molecular flexibility index (Phi) is 3.09. The second kappa shape index (κ2) is 4.88. The minimum Gasteiger partial charge on any atom is -0.316 e. The predicted molar refractivity (Wildman–Crippen MR) is 77.8 cm³/mol. The van der Waals surface area contributed by atoms with Crippen molar-refractivity contribution < 1.29 is 0 Å². The van der Waals surface area contributed by atoms with E-state index in [1.165, 1.54) is 26.8 Å². The molecule has 0 aliphatic carbocycles. The smallest absolute Gasteiger partial charge is 0.0352 e. The molecule has 2 nitrogen and oxygen atoms in total. The van der Waals surface area contributed by atoms with E-state index in [0.717, 1.165) is 6.54 Å². The van der Waals surface area contributed by atoms with Crippen molar-refractivity contribution >= 4 is 22.1 Å². The Bertz CT molecular complexity index is 668. The molecule has 3 aromatic rings. The first-order valence-electron chi connectivity index (χ1n) is 5.93. The van der Waals surface area contributed by atoms with E-state index in [-0.39, 0.29) is 0 Å². The van der Waals surface area contributed by atoms with Gasteiger partial charge in [0.15, 0.2) is 0 Å². The Morgan fingerprint density at radius 2 is 2.22 bits per heavy atom. The van der Waals surface area contributed by atoms with E-state index >= 15 is 0 Å². The fraction of sp³-hybridized carbons (Fsp3) is 0.133. The van der Waals surface area contributed by atoms with Gasteiger partial charge in [-0.15, -0.1) is 11.3 Å². The Labute approximate surface area is 110 Å². The van der Waals surface area contributed by atoms with Gasteiger partial charge in [-0.05, 0) is 35.5 Å². The van der Waals surface area contributed by atoms with Crippen LogP contribution in [-0.4, -0.2) is 12.0 Å². The highest BCUT2D eigenvalue weighted by molar-refractivity contribution is 7.13. The molecule has 0 saturated carbocycles. The van der Waals surface area contributed by atoms with Crippen molar-refractivity contribution in [1.82, 2.24) is 10.3 Å². The Balaban J connectivity index is 2.12. The van der Waals surface area contributed by atoms with E-state index in [1.54, 1.807) is 11.3 Å². The van der Waals surface area contributed by atoms with Crippen molar-refractivity contribution in [3.63, 3.8) is 0 Å². The third-order valence-corrected chi connectivity index (χ3v) is 4.00. The number of benzene rings is 1. The van der Waals surface area contributed by atoms with Crippen LogP contribution in [-0.2, 0) is 6.54 Å². The molecule has 1 N–H and O–H groups in total. The number of aromatic nitrogens is 1. The average Bonchev–Trinajstić information content (AvgIpc) is 2.87. The molecule has 0 saturated heterocycles. The van der Waals surface area contributed by atoms with Gasteiger partial charge in [0.1, 0.15) is 0 Å². The first-order chi connectivity index (χ1) is 8.88. The molecule has 90 valence electrons. The Morgan fingerprint density at radius 1 is 1.28 bits per heavy atom. The van der Waals surface area contributed by atoms with Crippen molar-refractivity contribution in [2.45, 2.75) is 6.54 Å². The van der Waals surface area contributed by atoms with Gasteiger partial charge in [-0.2, -0.15) is 0 Å². The van der Waals surface area contributed by atoms with Gasteiger partial charge in [0.05, 0.1) is 0 Å². The summed E-state index contributed by atoms with van der Waals surface area (Å²) in [6, 6.07) is 10.7. The second-order valence-corrected chi connectivity index (χ2v) is 5.16. The van der Waals surface area contributed by atoms with Crippen LogP contribution in [0.2, 0.25) is 0 Å². The van der Waals surface area contributed by atoms with Gasteiger partial charge in [-0.25, -0.2) is 0 Å². The minimum absolute atomic E-state index is 0.916. The summed E-state index contributed by atoms with van der Waals surface area (Å²) in [6.07, 6.45) is 3.79. The number of pyridine rings is 1. The summed E-state index contributed by atoms with van der Waals surface area (Å²) in [5.74, 6) is 0. The number of nitrogens with one attached hydrogen (secondary N) is 1. The van der Waals surface area contributed by atoms with Crippen LogP contribution in [0.3, 0.4) is 0 Å². The lowest BCUT2D eigenvalue weighted by molar-refractivity contribution is 0.821. The number of hydrogen-bond acceptors (Lipinski definition) is 3. The summed E-state index contributed by atoms with van der Waals surface area (Å²) >= 11 is 1.79. The van der Waals surface area contributed by atoms with Crippen LogP contribution in [0.1, 0.15) is 5.56 Å². The average molecular weight is 254 g/mol. The van der Waals surface area contributed by atoms with Gasteiger partial charge in [0.25, 0.3) is 0 Å². The predicted octanol–water partition coefficient (Wildman–Crippen LogP) is 3.68. The van der Waals surface area contributed by atoms with Gasteiger partial charge in [-0.1, -0.05) is 18.2 Å². The summed E-state index contributed by atoms with van der Waals surface area (Å²) in [7, 11) is 1.97. The molecule has 1 aromatic carbocycles. The quantitative estimate of drug-likeness (QED) is 0.771. The van der Waals surface area contributed by atoms with Crippen molar-refractivity contribution in [2.24, 2.45) is 0 Å². The Hall–Kier alpha value is -1.71. The van der Waals surface area contributed by atoms with Gasteiger partial charge >= 0.3 is 0 Å². The monoisotopic (exact) mass is 254 g/mol. The molecule has 3 rings (SSSR count). The maximum Gasteiger partial charge on any atom is 0.0352 e. The molecular weight excluding hydrogens is 240 g/mol. The first kappa shape index (κ1) is 11.4. The van der Waals surface area contributed by atoms with Crippen LogP contribution in [0.15, 0.2) is 48.1 Å². The molecule has 0 amide bonds. The van der Waals surface area contributed by atoms with Crippen molar-refractivity contribution in [1.29, 1.82) is 0 Å². The van der Waals surface area contributed by atoms with Crippen LogP contribution in [0.25, 0.3) is 21.2 Å². The van der Waals surface area contributed by atoms with E-state index in [1.807, 2.05) is 19.4 Å². The van der Waals surface area contributed by atoms with Crippen LogP contribution < -0.4 is 5.32 Å². The molecule has 0 aliphatic heterocycles. The SMILES string of the molecule is CNCc1csc(-c2cccc3ccncc23)c1. The fourth-order valence-corrected chi connectivity index (χ4v) is 3.10. The summed E-state index contributed by atoms with van der Waals surface area (Å²) in [6.45, 7) is 0.916. The summed E-state index contributed by atoms with van der Waals surface area (Å²) in [4.78, 5) is 5.54. The van der Waals surface area contributed by atoms with E-state index in [4.69, 9.17) is 0 Å². The lowest BCUT2D eigenvalue weighted by Crippen LogP contribution is -2.03. The molecule has 0 bridgehead atoms. The standard InChI is InChI=1S/C15H14N2S/c1-16-8-11-7-15(18-10-11)13-4-2-3-12-5-6-17-9-14(12)13/h2-7,9-10,16H,8H2,1H3. The van der Waals surface area contributed by atoms with Crippen LogP contribution in [0.4, 0.5) is 0 Å². The van der Waals surface area contributed by atoms with Crippen molar-refractivity contribution in [2.75, 3.05) is 7.05 Å². The molecule has 0 fully saturated rings. The largest absolute Gasteiger partial charge is 0.316 e. The molecule has 0 aliphatic rings. The fourth-order valence-electron chi connectivity index (χ4n) is 2.14. The van der Waals surface area contributed by atoms with Crippen LogP contribution in [0, 0.1) is 0 Å². The third-order valence-electron chi connectivity index (χ3n) is 2.98. The topological polar surface area (TPSA) is 24.9 Å². The summed E-state index contributed by atoms with van der Waals surface area (Å²) in [5.41, 5.74) is 2.60. The molecule has 2 aromatic heterocycles. The second-order valence-electron chi connectivity index (χ2n) is 4.25. The van der Waals surface area contributed by atoms with Gasteiger partial charge < -0.3 is 5.32 Å². The third kappa shape index (κ3) is 2.03. The molecule has 0 spiro atoms. The minimum atomic E-state index is 0.916. The number of nitrogens with zero attached hydrogens (tertiary/aromatic N) is 1. The van der Waals surface area contributed by atoms with Crippen LogP contribution >= 0.6 is 11.3 Å². The molecule has 2 heterocycles. The molecule has 3 heteroatoms. The van der Waals surface area contributed by atoms with Crippen molar-refractivity contribution in [3.8, 4) is 10.4 Å². The first-order valence-corrected chi connectivity index (χ1v) is 6.81. The maximum atomic E-state index is 4.23. The number of hydrogen-bond donors (Lipinski definition) is 1. The summed E-state index contributed by atoms with van der Waals surface area (Å²) < 4.78 is 0. The lowest BCUT2D eigenvalue weighted by Gasteiger charge is -2.03. The van der Waals surface area contributed by atoms with Gasteiger partial charge in [0, 0.05) is 34.8 Å².